The van der Waals surface area contributed by atoms with Crippen LogP contribution in [0.25, 0.3) is 16.9 Å². The molecule has 0 aliphatic carbocycles. The molecule has 1 N–H and O–H groups in total. The minimum atomic E-state index is -0.101. The molecular weight excluding hydrogens is 392 g/mol. The molecule has 0 radical (unpaired) electrons. The summed E-state index contributed by atoms with van der Waals surface area (Å²) in [6.07, 6.45) is 3.94. The van der Waals surface area contributed by atoms with E-state index < -0.39 is 0 Å². The maximum absolute atomic E-state index is 12.6. The molecule has 0 spiro atoms. The number of benzene rings is 1. The fraction of sp³-hybridized carbons (Fsp3) is 0.304. The monoisotopic (exact) mass is 418 g/mol. The summed E-state index contributed by atoms with van der Waals surface area (Å²) in [7, 11) is 5.78. The summed E-state index contributed by atoms with van der Waals surface area (Å²) in [4.78, 5) is 20.7. The molecule has 0 aliphatic heterocycles. The predicted octanol–water partition coefficient (Wildman–Crippen LogP) is 2.84. The first-order valence-electron chi connectivity index (χ1n) is 9.96. The van der Waals surface area contributed by atoms with Gasteiger partial charge in [-0.15, -0.1) is 0 Å². The van der Waals surface area contributed by atoms with E-state index in [-0.39, 0.29) is 11.8 Å². The smallest absolute Gasteiger partial charge is 0.255 e. The van der Waals surface area contributed by atoms with Gasteiger partial charge in [0.05, 0.1) is 29.0 Å². The molecule has 0 saturated carbocycles. The highest BCUT2D eigenvalue weighted by Gasteiger charge is 2.17. The lowest BCUT2D eigenvalue weighted by molar-refractivity contribution is 0.0790. The van der Waals surface area contributed by atoms with Crippen molar-refractivity contribution in [2.75, 3.05) is 34.2 Å². The average Bonchev–Trinajstić information content (AvgIpc) is 3.13. The molecular formula is C23H26N6O2. The van der Waals surface area contributed by atoms with Gasteiger partial charge in [0, 0.05) is 19.8 Å². The van der Waals surface area contributed by atoms with Gasteiger partial charge < -0.3 is 14.9 Å². The summed E-state index contributed by atoms with van der Waals surface area (Å²) in [5.74, 6) is 0.249. The molecule has 3 rings (SSSR count). The van der Waals surface area contributed by atoms with Crippen molar-refractivity contribution in [1.29, 1.82) is 5.26 Å². The fourth-order valence-electron chi connectivity index (χ4n) is 3.32. The Hall–Kier alpha value is -3.70. The van der Waals surface area contributed by atoms with Gasteiger partial charge in [-0.1, -0.05) is 6.07 Å². The third kappa shape index (κ3) is 4.90. The standard InChI is InChI=1S/C23H26N6O2/c1-16-12-17(13-24)6-8-19(16)20-15-26-29(23(20)31)21-9-7-18(14-25-21)22(30)28(4)11-5-10-27(2)3/h6-9,12,14-15,31H,5,10-11H2,1-4H3. The van der Waals surface area contributed by atoms with E-state index in [4.69, 9.17) is 5.26 Å². The van der Waals surface area contributed by atoms with Crippen molar-refractivity contribution < 1.29 is 9.90 Å². The Morgan fingerprint density at radius 1 is 1.13 bits per heavy atom. The zero-order valence-corrected chi connectivity index (χ0v) is 18.2. The average molecular weight is 419 g/mol. The lowest BCUT2D eigenvalue weighted by Gasteiger charge is -2.18. The van der Waals surface area contributed by atoms with Gasteiger partial charge in [0.1, 0.15) is 0 Å². The predicted molar refractivity (Wildman–Crippen MR) is 118 cm³/mol. The van der Waals surface area contributed by atoms with E-state index in [2.05, 4.69) is 21.1 Å². The van der Waals surface area contributed by atoms with E-state index in [9.17, 15) is 9.90 Å². The first-order chi connectivity index (χ1) is 14.8. The van der Waals surface area contributed by atoms with Gasteiger partial charge >= 0.3 is 0 Å². The van der Waals surface area contributed by atoms with Crippen molar-refractivity contribution in [2.45, 2.75) is 13.3 Å². The second kappa shape index (κ2) is 9.41. The van der Waals surface area contributed by atoms with Gasteiger partial charge in [-0.3, -0.25) is 4.79 Å². The van der Waals surface area contributed by atoms with Gasteiger partial charge in [-0.25, -0.2) is 4.98 Å². The molecule has 8 heteroatoms. The first kappa shape index (κ1) is 22.0. The van der Waals surface area contributed by atoms with Crippen LogP contribution in [0.15, 0.2) is 42.7 Å². The second-order valence-electron chi connectivity index (χ2n) is 7.72. The van der Waals surface area contributed by atoms with Crippen LogP contribution in [0.1, 0.15) is 27.9 Å². The summed E-state index contributed by atoms with van der Waals surface area (Å²) < 4.78 is 1.32. The van der Waals surface area contributed by atoms with E-state index in [1.54, 1.807) is 48.5 Å². The number of hydrogen-bond donors (Lipinski definition) is 1. The Balaban J connectivity index is 1.78. The number of aryl methyl sites for hydroxylation is 1. The van der Waals surface area contributed by atoms with Crippen LogP contribution in [0.4, 0.5) is 0 Å². The van der Waals surface area contributed by atoms with Crippen LogP contribution in [0.2, 0.25) is 0 Å². The maximum atomic E-state index is 12.6. The number of hydrogen-bond acceptors (Lipinski definition) is 6. The lowest BCUT2D eigenvalue weighted by Crippen LogP contribution is -2.29. The Bertz CT molecular complexity index is 1110. The highest BCUT2D eigenvalue weighted by Crippen LogP contribution is 2.33. The molecule has 3 aromatic rings. The molecule has 0 bridgehead atoms. The van der Waals surface area contributed by atoms with Gasteiger partial charge in [0.25, 0.3) is 5.91 Å². The van der Waals surface area contributed by atoms with E-state index in [1.165, 1.54) is 10.9 Å². The van der Waals surface area contributed by atoms with Gasteiger partial charge in [0.2, 0.25) is 5.88 Å². The van der Waals surface area contributed by atoms with E-state index in [1.807, 2.05) is 21.0 Å². The van der Waals surface area contributed by atoms with Crippen LogP contribution < -0.4 is 0 Å². The molecule has 160 valence electrons. The van der Waals surface area contributed by atoms with Crippen molar-refractivity contribution in [3.05, 3.63) is 59.4 Å². The zero-order chi connectivity index (χ0) is 22.5. The SMILES string of the molecule is Cc1cc(C#N)ccc1-c1cnn(-c2ccc(C(=O)N(C)CCCN(C)C)cn2)c1O. The van der Waals surface area contributed by atoms with Crippen molar-refractivity contribution in [1.82, 2.24) is 24.6 Å². The number of carbonyl (C=O) groups is 1. The number of nitriles is 1. The largest absolute Gasteiger partial charge is 0.493 e. The van der Waals surface area contributed by atoms with Crippen molar-refractivity contribution in [3.8, 4) is 28.9 Å². The number of rotatable bonds is 7. The lowest BCUT2D eigenvalue weighted by atomic mass is 10.0. The molecule has 31 heavy (non-hydrogen) atoms. The summed E-state index contributed by atoms with van der Waals surface area (Å²) in [5, 5.41) is 24.0. The van der Waals surface area contributed by atoms with Crippen molar-refractivity contribution in [2.24, 2.45) is 0 Å². The van der Waals surface area contributed by atoms with Gasteiger partial charge in [-0.2, -0.15) is 15.0 Å². The Kier molecular flexibility index (Phi) is 6.68. The number of carbonyl (C=O) groups excluding carboxylic acids is 1. The molecule has 0 atom stereocenters. The van der Waals surface area contributed by atoms with Crippen LogP contribution in [0.5, 0.6) is 5.88 Å². The Labute approximate surface area is 182 Å². The van der Waals surface area contributed by atoms with Crippen LogP contribution in [-0.4, -0.2) is 69.8 Å². The van der Waals surface area contributed by atoms with Crippen molar-refractivity contribution >= 4 is 5.91 Å². The highest BCUT2D eigenvalue weighted by molar-refractivity contribution is 5.93. The molecule has 0 unspecified atom stereocenters. The van der Waals surface area contributed by atoms with Crippen LogP contribution >= 0.6 is 0 Å². The van der Waals surface area contributed by atoms with E-state index >= 15 is 0 Å². The summed E-state index contributed by atoms with van der Waals surface area (Å²) in [5.41, 5.74) is 3.23. The Morgan fingerprint density at radius 2 is 1.90 bits per heavy atom. The minimum absolute atomic E-state index is 0.0554. The molecule has 1 aromatic carbocycles. The molecule has 0 aliphatic rings. The molecule has 2 heterocycles. The minimum Gasteiger partial charge on any atom is -0.493 e. The summed E-state index contributed by atoms with van der Waals surface area (Å²) in [6, 6.07) is 10.7. The topological polar surface area (TPSA) is 98.3 Å². The highest BCUT2D eigenvalue weighted by atomic mass is 16.3. The van der Waals surface area contributed by atoms with E-state index in [0.717, 1.165) is 24.1 Å². The normalized spacial score (nSPS) is 10.8. The van der Waals surface area contributed by atoms with Crippen LogP contribution in [-0.2, 0) is 0 Å². The number of aromatic nitrogens is 3. The molecule has 0 fully saturated rings. The fourth-order valence-corrected chi connectivity index (χ4v) is 3.32. The summed E-state index contributed by atoms with van der Waals surface area (Å²) in [6.45, 7) is 3.45. The summed E-state index contributed by atoms with van der Waals surface area (Å²) >= 11 is 0. The van der Waals surface area contributed by atoms with Crippen molar-refractivity contribution in [3.63, 3.8) is 0 Å². The van der Waals surface area contributed by atoms with Crippen LogP contribution in [0, 0.1) is 18.3 Å². The number of aromatic hydroxyl groups is 1. The van der Waals surface area contributed by atoms with Gasteiger partial charge in [-0.05, 0) is 69.4 Å². The molecule has 1 amide bonds. The quantitative estimate of drug-likeness (QED) is 0.634. The zero-order valence-electron chi connectivity index (χ0n) is 18.2. The molecule has 8 nitrogen and oxygen atoms in total. The third-order valence-electron chi connectivity index (χ3n) is 5.05. The third-order valence-corrected chi connectivity index (χ3v) is 5.05. The van der Waals surface area contributed by atoms with Gasteiger partial charge in [0.15, 0.2) is 5.82 Å². The maximum Gasteiger partial charge on any atom is 0.255 e. The second-order valence-corrected chi connectivity index (χ2v) is 7.72. The number of amides is 1. The molecule has 2 aromatic heterocycles. The first-order valence-corrected chi connectivity index (χ1v) is 9.96. The number of nitrogens with zero attached hydrogens (tertiary/aromatic N) is 6. The molecule has 0 saturated heterocycles. The Morgan fingerprint density at radius 3 is 2.52 bits per heavy atom. The van der Waals surface area contributed by atoms with E-state index in [0.29, 0.717) is 29.1 Å². The number of pyridine rings is 1. The van der Waals surface area contributed by atoms with Crippen LogP contribution in [0.3, 0.4) is 0 Å².